The second-order valence-corrected chi connectivity index (χ2v) is 3.92. The minimum absolute atomic E-state index is 0.0290. The van der Waals surface area contributed by atoms with Crippen LogP contribution in [0.1, 0.15) is 11.6 Å². The molecule has 1 aromatic rings. The number of carbonyl (C=O) groups is 1. The zero-order chi connectivity index (χ0) is 11.0. The van der Waals surface area contributed by atoms with Crippen LogP contribution in [0.3, 0.4) is 0 Å². The fourth-order valence-electron chi connectivity index (χ4n) is 1.55. The largest absolute Gasteiger partial charge is 0.508 e. The molecule has 1 aromatic carbocycles. The number of benzene rings is 1. The number of hydrogen-bond donors (Lipinski definition) is 2. The number of rotatable bonds is 3. The molecular formula is C10H10ClNO3. The SMILES string of the molecule is O=C(O)C(c1cc(Cl)ccc1O)N1CC1. The summed E-state index contributed by atoms with van der Waals surface area (Å²) >= 11 is 5.77. The van der Waals surface area contributed by atoms with Gasteiger partial charge in [-0.3, -0.25) is 9.69 Å². The van der Waals surface area contributed by atoms with E-state index in [0.29, 0.717) is 10.6 Å². The molecule has 80 valence electrons. The van der Waals surface area contributed by atoms with Gasteiger partial charge in [-0.05, 0) is 18.2 Å². The van der Waals surface area contributed by atoms with Gasteiger partial charge in [-0.2, -0.15) is 0 Å². The molecule has 0 aromatic heterocycles. The van der Waals surface area contributed by atoms with Crippen LogP contribution in [-0.2, 0) is 4.79 Å². The van der Waals surface area contributed by atoms with Crippen molar-refractivity contribution < 1.29 is 15.0 Å². The Morgan fingerprint density at radius 3 is 2.67 bits per heavy atom. The van der Waals surface area contributed by atoms with Crippen molar-refractivity contribution in [3.05, 3.63) is 28.8 Å². The minimum atomic E-state index is -0.968. The van der Waals surface area contributed by atoms with Crippen LogP contribution >= 0.6 is 11.6 Å². The third-order valence-electron chi connectivity index (χ3n) is 2.37. The minimum Gasteiger partial charge on any atom is -0.508 e. The van der Waals surface area contributed by atoms with Crippen molar-refractivity contribution in [1.82, 2.24) is 4.90 Å². The molecule has 1 aliphatic heterocycles. The van der Waals surface area contributed by atoms with E-state index < -0.39 is 12.0 Å². The Labute approximate surface area is 91.7 Å². The summed E-state index contributed by atoms with van der Waals surface area (Å²) in [6.07, 6.45) is 0. The Bertz CT molecular complexity index is 404. The van der Waals surface area contributed by atoms with Crippen LogP contribution in [0, 0.1) is 0 Å². The van der Waals surface area contributed by atoms with Gasteiger partial charge in [0.15, 0.2) is 0 Å². The van der Waals surface area contributed by atoms with Crippen LogP contribution < -0.4 is 0 Å². The van der Waals surface area contributed by atoms with Crippen molar-refractivity contribution in [2.75, 3.05) is 13.1 Å². The van der Waals surface area contributed by atoms with Crippen molar-refractivity contribution in [2.24, 2.45) is 0 Å². The standard InChI is InChI=1S/C10H10ClNO3/c11-6-1-2-8(13)7(5-6)9(10(14)15)12-3-4-12/h1-2,5,9,13H,3-4H2,(H,14,15). The van der Waals surface area contributed by atoms with E-state index in [1.807, 2.05) is 0 Å². The van der Waals surface area contributed by atoms with E-state index in [-0.39, 0.29) is 5.75 Å². The van der Waals surface area contributed by atoms with Crippen molar-refractivity contribution in [3.8, 4) is 5.75 Å². The maximum atomic E-state index is 11.0. The molecule has 0 bridgehead atoms. The molecule has 0 radical (unpaired) electrons. The number of hydrogen-bond acceptors (Lipinski definition) is 3. The lowest BCUT2D eigenvalue weighted by Crippen LogP contribution is -2.19. The Kier molecular flexibility index (Phi) is 2.54. The lowest BCUT2D eigenvalue weighted by Gasteiger charge is -2.15. The van der Waals surface area contributed by atoms with E-state index in [9.17, 15) is 9.90 Å². The molecule has 0 amide bonds. The molecule has 1 saturated heterocycles. The zero-order valence-corrected chi connectivity index (χ0v) is 8.61. The van der Waals surface area contributed by atoms with Gasteiger partial charge in [0, 0.05) is 23.7 Å². The smallest absolute Gasteiger partial charge is 0.325 e. The Hall–Kier alpha value is -1.26. The van der Waals surface area contributed by atoms with Gasteiger partial charge >= 0.3 is 5.97 Å². The number of halogens is 1. The van der Waals surface area contributed by atoms with Gasteiger partial charge in [0.2, 0.25) is 0 Å². The molecule has 4 nitrogen and oxygen atoms in total. The fourth-order valence-corrected chi connectivity index (χ4v) is 1.73. The highest BCUT2D eigenvalue weighted by atomic mass is 35.5. The summed E-state index contributed by atoms with van der Waals surface area (Å²) < 4.78 is 0. The van der Waals surface area contributed by atoms with Gasteiger partial charge in [0.05, 0.1) is 0 Å². The van der Waals surface area contributed by atoms with Crippen molar-refractivity contribution >= 4 is 17.6 Å². The summed E-state index contributed by atoms with van der Waals surface area (Å²) in [7, 11) is 0. The lowest BCUT2D eigenvalue weighted by molar-refractivity contribution is -0.141. The highest BCUT2D eigenvalue weighted by molar-refractivity contribution is 6.30. The van der Waals surface area contributed by atoms with Crippen LogP contribution in [-0.4, -0.2) is 34.2 Å². The summed E-state index contributed by atoms with van der Waals surface area (Å²) in [6.45, 7) is 1.48. The summed E-state index contributed by atoms with van der Waals surface area (Å²) in [5.74, 6) is -0.997. The van der Waals surface area contributed by atoms with E-state index in [0.717, 1.165) is 13.1 Å². The Morgan fingerprint density at radius 2 is 2.13 bits per heavy atom. The summed E-state index contributed by atoms with van der Waals surface area (Å²) in [6, 6.07) is 3.65. The topological polar surface area (TPSA) is 60.5 Å². The second-order valence-electron chi connectivity index (χ2n) is 3.48. The van der Waals surface area contributed by atoms with E-state index >= 15 is 0 Å². The summed E-state index contributed by atoms with van der Waals surface area (Å²) in [5, 5.41) is 19.1. The second kappa shape index (κ2) is 3.72. The molecule has 2 rings (SSSR count). The maximum absolute atomic E-state index is 11.0. The number of aromatic hydroxyl groups is 1. The van der Waals surface area contributed by atoms with E-state index in [2.05, 4.69) is 0 Å². The Balaban J connectivity index is 2.40. The molecule has 1 heterocycles. The first-order valence-corrected chi connectivity index (χ1v) is 4.92. The molecule has 2 N–H and O–H groups in total. The fraction of sp³-hybridized carbons (Fsp3) is 0.300. The molecule has 1 fully saturated rings. The first-order valence-electron chi connectivity index (χ1n) is 4.55. The van der Waals surface area contributed by atoms with E-state index in [1.54, 1.807) is 4.90 Å². The number of carboxylic acid groups (broad SMARTS) is 1. The van der Waals surface area contributed by atoms with E-state index in [1.165, 1.54) is 18.2 Å². The first-order chi connectivity index (χ1) is 7.09. The van der Waals surface area contributed by atoms with E-state index in [4.69, 9.17) is 16.7 Å². The van der Waals surface area contributed by atoms with Gasteiger partial charge in [0.25, 0.3) is 0 Å². The number of nitrogens with zero attached hydrogens (tertiary/aromatic N) is 1. The van der Waals surface area contributed by atoms with Crippen LogP contribution in [0.5, 0.6) is 5.75 Å². The van der Waals surface area contributed by atoms with Gasteiger partial charge in [-0.1, -0.05) is 11.6 Å². The summed E-state index contributed by atoms with van der Waals surface area (Å²) in [5.41, 5.74) is 0.354. The summed E-state index contributed by atoms with van der Waals surface area (Å²) in [4.78, 5) is 12.8. The predicted octanol–water partition coefficient (Wildman–Crippen LogP) is 1.49. The normalized spacial score (nSPS) is 17.4. The highest BCUT2D eigenvalue weighted by Crippen LogP contribution is 2.34. The average Bonchev–Trinajstić information content (AvgIpc) is 2.95. The lowest BCUT2D eigenvalue weighted by atomic mass is 10.1. The van der Waals surface area contributed by atoms with Gasteiger partial charge in [0.1, 0.15) is 11.8 Å². The number of phenols is 1. The highest BCUT2D eigenvalue weighted by Gasteiger charge is 2.36. The van der Waals surface area contributed by atoms with Crippen LogP contribution in [0.2, 0.25) is 5.02 Å². The van der Waals surface area contributed by atoms with Crippen LogP contribution in [0.25, 0.3) is 0 Å². The average molecular weight is 228 g/mol. The van der Waals surface area contributed by atoms with Crippen LogP contribution in [0.15, 0.2) is 18.2 Å². The molecule has 5 heteroatoms. The third-order valence-corrected chi connectivity index (χ3v) is 2.60. The molecule has 1 unspecified atom stereocenters. The molecular weight excluding hydrogens is 218 g/mol. The van der Waals surface area contributed by atoms with Gasteiger partial charge in [-0.25, -0.2) is 0 Å². The Morgan fingerprint density at radius 1 is 1.47 bits per heavy atom. The first kappa shape index (κ1) is 10.3. The zero-order valence-electron chi connectivity index (χ0n) is 7.85. The quantitative estimate of drug-likeness (QED) is 0.768. The van der Waals surface area contributed by atoms with Gasteiger partial charge < -0.3 is 10.2 Å². The molecule has 0 spiro atoms. The predicted molar refractivity (Wildman–Crippen MR) is 55.1 cm³/mol. The van der Waals surface area contributed by atoms with Crippen LogP contribution in [0.4, 0.5) is 0 Å². The van der Waals surface area contributed by atoms with Crippen molar-refractivity contribution in [2.45, 2.75) is 6.04 Å². The number of phenolic OH excluding ortho intramolecular Hbond substituents is 1. The number of carboxylic acids is 1. The van der Waals surface area contributed by atoms with Gasteiger partial charge in [-0.15, -0.1) is 0 Å². The molecule has 1 atom stereocenters. The molecule has 1 aliphatic rings. The molecule has 0 saturated carbocycles. The van der Waals surface area contributed by atoms with Crippen molar-refractivity contribution in [1.29, 1.82) is 0 Å². The third kappa shape index (κ3) is 2.06. The number of aliphatic carboxylic acids is 1. The molecule has 0 aliphatic carbocycles. The monoisotopic (exact) mass is 227 g/mol. The maximum Gasteiger partial charge on any atom is 0.325 e. The van der Waals surface area contributed by atoms with Crippen molar-refractivity contribution in [3.63, 3.8) is 0 Å². The molecule has 15 heavy (non-hydrogen) atoms.